The van der Waals surface area contributed by atoms with Crippen molar-refractivity contribution in [1.82, 2.24) is 4.90 Å². The molecule has 0 aromatic rings. The molecule has 0 radical (unpaired) electrons. The molecule has 0 bridgehead atoms. The Labute approximate surface area is 86.4 Å². The van der Waals surface area contributed by atoms with Gasteiger partial charge in [0, 0.05) is 7.05 Å². The van der Waals surface area contributed by atoms with E-state index < -0.39 is 0 Å². The van der Waals surface area contributed by atoms with E-state index in [0.29, 0.717) is 6.61 Å². The third-order valence-corrected chi connectivity index (χ3v) is 1.78. The van der Waals surface area contributed by atoms with Crippen LogP contribution in [-0.4, -0.2) is 41.8 Å². The van der Waals surface area contributed by atoms with Crippen molar-refractivity contribution in [2.24, 2.45) is 0 Å². The Morgan fingerprint density at radius 1 is 1.54 bits per heavy atom. The number of halogens is 1. The number of carbonyl (C=O) groups excluding carboxylic acids is 2. The number of rotatable bonds is 4. The molecule has 0 aliphatic rings. The second kappa shape index (κ2) is 5.96. The third kappa shape index (κ3) is 4.87. The number of nitrogens with zero attached hydrogens (tertiary/aromatic N) is 1. The van der Waals surface area contributed by atoms with E-state index in [2.05, 4.69) is 15.9 Å². The summed E-state index contributed by atoms with van der Waals surface area (Å²) in [7, 11) is 1.57. The fourth-order valence-electron chi connectivity index (χ4n) is 0.782. The van der Waals surface area contributed by atoms with Crippen LogP contribution in [0.2, 0.25) is 0 Å². The standard InChI is InChI=1S/C8H14BrNO3/c1-4-13-7(11)5-10(3)8(12)6(2)9/h6H,4-5H2,1-3H3. The molecular formula is C8H14BrNO3. The van der Waals surface area contributed by atoms with Gasteiger partial charge in [0.25, 0.3) is 0 Å². The summed E-state index contributed by atoms with van der Waals surface area (Å²) in [5.41, 5.74) is 0. The van der Waals surface area contributed by atoms with Crippen LogP contribution in [-0.2, 0) is 14.3 Å². The van der Waals surface area contributed by atoms with Crippen molar-refractivity contribution in [3.8, 4) is 0 Å². The molecule has 0 aromatic heterocycles. The van der Waals surface area contributed by atoms with Crippen molar-refractivity contribution in [1.29, 1.82) is 0 Å². The Morgan fingerprint density at radius 2 is 2.08 bits per heavy atom. The van der Waals surface area contributed by atoms with E-state index in [4.69, 9.17) is 4.74 Å². The minimum Gasteiger partial charge on any atom is -0.465 e. The van der Waals surface area contributed by atoms with Crippen LogP contribution in [0.5, 0.6) is 0 Å². The number of alkyl halides is 1. The van der Waals surface area contributed by atoms with Gasteiger partial charge >= 0.3 is 5.97 Å². The van der Waals surface area contributed by atoms with Gasteiger partial charge in [-0.05, 0) is 13.8 Å². The maximum absolute atomic E-state index is 11.3. The lowest BCUT2D eigenvalue weighted by molar-refractivity contribution is -0.147. The number of carbonyl (C=O) groups is 2. The van der Waals surface area contributed by atoms with Crippen LogP contribution in [0.3, 0.4) is 0 Å². The molecule has 0 saturated heterocycles. The fraction of sp³-hybridized carbons (Fsp3) is 0.750. The van der Waals surface area contributed by atoms with Gasteiger partial charge in [0.15, 0.2) is 0 Å². The quantitative estimate of drug-likeness (QED) is 0.549. The molecule has 0 spiro atoms. The first kappa shape index (κ1) is 12.4. The summed E-state index contributed by atoms with van der Waals surface area (Å²) in [6.07, 6.45) is 0. The molecule has 0 heterocycles. The molecule has 1 atom stereocenters. The monoisotopic (exact) mass is 251 g/mol. The Hall–Kier alpha value is -0.580. The number of likely N-dealkylation sites (N-methyl/N-ethyl adjacent to an activating group) is 1. The van der Waals surface area contributed by atoms with Crippen LogP contribution in [0.4, 0.5) is 0 Å². The number of hydrogen-bond acceptors (Lipinski definition) is 3. The van der Waals surface area contributed by atoms with Crippen LogP contribution < -0.4 is 0 Å². The lowest BCUT2D eigenvalue weighted by Gasteiger charge is -2.17. The minimum absolute atomic E-state index is 0.00259. The zero-order valence-electron chi connectivity index (χ0n) is 8.04. The van der Waals surface area contributed by atoms with Gasteiger partial charge in [0.1, 0.15) is 6.54 Å². The third-order valence-electron chi connectivity index (χ3n) is 1.39. The van der Waals surface area contributed by atoms with Crippen molar-refractivity contribution in [3.63, 3.8) is 0 Å². The van der Waals surface area contributed by atoms with Gasteiger partial charge in [-0.1, -0.05) is 15.9 Å². The van der Waals surface area contributed by atoms with Gasteiger partial charge in [0.05, 0.1) is 11.4 Å². The summed E-state index contributed by atoms with van der Waals surface area (Å²) < 4.78 is 4.69. The molecule has 13 heavy (non-hydrogen) atoms. The Balaban J connectivity index is 3.92. The van der Waals surface area contributed by atoms with Crippen molar-refractivity contribution in [2.75, 3.05) is 20.2 Å². The second-order valence-electron chi connectivity index (χ2n) is 2.62. The van der Waals surface area contributed by atoms with Gasteiger partial charge in [0.2, 0.25) is 5.91 Å². The van der Waals surface area contributed by atoms with Gasteiger partial charge in [-0.15, -0.1) is 0 Å². The lowest BCUT2D eigenvalue weighted by Crippen LogP contribution is -2.36. The van der Waals surface area contributed by atoms with E-state index in [-0.39, 0.29) is 23.2 Å². The summed E-state index contributed by atoms with van der Waals surface area (Å²) in [4.78, 5) is 23.3. The molecule has 0 aromatic carbocycles. The maximum atomic E-state index is 11.3. The maximum Gasteiger partial charge on any atom is 0.325 e. The number of amides is 1. The molecule has 4 nitrogen and oxygen atoms in total. The normalized spacial score (nSPS) is 12.0. The molecule has 1 unspecified atom stereocenters. The summed E-state index contributed by atoms with van der Waals surface area (Å²) >= 11 is 3.13. The zero-order chi connectivity index (χ0) is 10.4. The topological polar surface area (TPSA) is 46.6 Å². The van der Waals surface area contributed by atoms with Gasteiger partial charge in [-0.3, -0.25) is 9.59 Å². The molecule has 0 saturated carbocycles. The van der Waals surface area contributed by atoms with Gasteiger partial charge < -0.3 is 9.64 Å². The van der Waals surface area contributed by atoms with E-state index in [1.54, 1.807) is 20.9 Å². The van der Waals surface area contributed by atoms with Gasteiger partial charge in [-0.2, -0.15) is 0 Å². The van der Waals surface area contributed by atoms with Crippen LogP contribution in [0, 0.1) is 0 Å². The molecule has 0 N–H and O–H groups in total. The average Bonchev–Trinajstić information content (AvgIpc) is 2.03. The Morgan fingerprint density at radius 3 is 2.46 bits per heavy atom. The Bertz CT molecular complexity index is 194. The van der Waals surface area contributed by atoms with Crippen LogP contribution in [0.15, 0.2) is 0 Å². The van der Waals surface area contributed by atoms with Crippen molar-refractivity contribution in [3.05, 3.63) is 0 Å². The average molecular weight is 252 g/mol. The van der Waals surface area contributed by atoms with Crippen LogP contribution in [0.25, 0.3) is 0 Å². The first-order valence-electron chi connectivity index (χ1n) is 4.03. The highest BCUT2D eigenvalue weighted by molar-refractivity contribution is 9.10. The summed E-state index contributed by atoms with van der Waals surface area (Å²) in [5, 5.41) is 0. The number of ether oxygens (including phenoxy) is 1. The predicted molar refractivity (Wildman–Crippen MR) is 52.7 cm³/mol. The minimum atomic E-state index is -0.383. The van der Waals surface area contributed by atoms with Gasteiger partial charge in [-0.25, -0.2) is 0 Å². The molecule has 0 fully saturated rings. The highest BCUT2D eigenvalue weighted by Gasteiger charge is 2.17. The van der Waals surface area contributed by atoms with E-state index in [0.717, 1.165) is 0 Å². The molecule has 0 aliphatic heterocycles. The molecular weight excluding hydrogens is 238 g/mol. The summed E-state index contributed by atoms with van der Waals surface area (Å²) in [6.45, 7) is 3.78. The molecule has 0 rings (SSSR count). The van der Waals surface area contributed by atoms with E-state index in [1.165, 1.54) is 4.90 Å². The molecule has 76 valence electrons. The smallest absolute Gasteiger partial charge is 0.325 e. The Kier molecular flexibility index (Phi) is 5.70. The largest absolute Gasteiger partial charge is 0.465 e. The number of esters is 1. The SMILES string of the molecule is CCOC(=O)CN(C)C(=O)C(C)Br. The van der Waals surface area contributed by atoms with E-state index in [1.807, 2.05) is 0 Å². The molecule has 1 amide bonds. The highest BCUT2D eigenvalue weighted by atomic mass is 79.9. The van der Waals surface area contributed by atoms with Crippen LogP contribution >= 0.6 is 15.9 Å². The fourth-order valence-corrected chi connectivity index (χ4v) is 1.13. The van der Waals surface area contributed by atoms with Crippen molar-refractivity contribution in [2.45, 2.75) is 18.7 Å². The summed E-state index contributed by atoms with van der Waals surface area (Å²) in [6, 6.07) is 0. The van der Waals surface area contributed by atoms with Crippen LogP contribution in [0.1, 0.15) is 13.8 Å². The molecule has 5 heteroatoms. The highest BCUT2D eigenvalue weighted by Crippen LogP contribution is 2.01. The second-order valence-corrected chi connectivity index (χ2v) is 3.99. The lowest BCUT2D eigenvalue weighted by atomic mass is 10.4. The number of hydrogen-bond donors (Lipinski definition) is 0. The van der Waals surface area contributed by atoms with Crippen molar-refractivity contribution < 1.29 is 14.3 Å². The van der Waals surface area contributed by atoms with E-state index >= 15 is 0 Å². The first-order valence-corrected chi connectivity index (χ1v) is 4.95. The molecule has 0 aliphatic carbocycles. The van der Waals surface area contributed by atoms with Crippen molar-refractivity contribution >= 4 is 27.8 Å². The first-order chi connectivity index (χ1) is 5.99. The predicted octanol–water partition coefficient (Wildman–Crippen LogP) is 0.791. The zero-order valence-corrected chi connectivity index (χ0v) is 9.63. The summed E-state index contributed by atoms with van der Waals surface area (Å²) in [5.74, 6) is -0.514. The van der Waals surface area contributed by atoms with E-state index in [9.17, 15) is 9.59 Å².